The summed E-state index contributed by atoms with van der Waals surface area (Å²) in [6.07, 6.45) is 0. The van der Waals surface area contributed by atoms with Gasteiger partial charge in [0.1, 0.15) is 0 Å². The van der Waals surface area contributed by atoms with Crippen molar-refractivity contribution in [3.05, 3.63) is 47.3 Å². The van der Waals surface area contributed by atoms with Crippen LogP contribution in [-0.2, 0) is 10.0 Å². The van der Waals surface area contributed by atoms with Crippen molar-refractivity contribution < 1.29 is 13.2 Å². The molecular formula is C14H15ClN2O3S. The summed E-state index contributed by atoms with van der Waals surface area (Å²) in [5.41, 5.74) is 2.95. The van der Waals surface area contributed by atoms with Crippen LogP contribution >= 0.6 is 11.6 Å². The molecular weight excluding hydrogens is 312 g/mol. The van der Waals surface area contributed by atoms with Gasteiger partial charge in [0.2, 0.25) is 10.0 Å². The Morgan fingerprint density at radius 1 is 1.24 bits per heavy atom. The molecule has 1 aromatic carbocycles. The Hall–Kier alpha value is -1.63. The van der Waals surface area contributed by atoms with Crippen molar-refractivity contribution in [1.29, 1.82) is 0 Å². The summed E-state index contributed by atoms with van der Waals surface area (Å²) in [7, 11) is -3.72. The molecule has 0 saturated carbocycles. The van der Waals surface area contributed by atoms with E-state index in [2.05, 4.69) is 0 Å². The van der Waals surface area contributed by atoms with Gasteiger partial charge in [0.25, 0.3) is 0 Å². The monoisotopic (exact) mass is 326 g/mol. The van der Waals surface area contributed by atoms with E-state index in [-0.39, 0.29) is 16.6 Å². The van der Waals surface area contributed by atoms with Gasteiger partial charge in [-0.2, -0.15) is 0 Å². The van der Waals surface area contributed by atoms with Crippen LogP contribution in [0.2, 0.25) is 0 Å². The van der Waals surface area contributed by atoms with Gasteiger partial charge in [-0.25, -0.2) is 13.6 Å². The average molecular weight is 327 g/mol. The van der Waals surface area contributed by atoms with Gasteiger partial charge in [-0.3, -0.25) is 4.79 Å². The number of carbonyl (C=O) groups excluding carboxylic acids is 1. The fourth-order valence-electron chi connectivity index (χ4n) is 2.30. The van der Waals surface area contributed by atoms with Gasteiger partial charge in [-0.1, -0.05) is 0 Å². The summed E-state index contributed by atoms with van der Waals surface area (Å²) in [5, 5.41) is 5.07. The smallest absolute Gasteiger partial charge is 0.238 e. The number of carbonyl (C=O) groups is 1. The molecule has 0 saturated heterocycles. The number of aryl methyl sites for hydroxylation is 1. The molecule has 0 radical (unpaired) electrons. The second-order valence-electron chi connectivity index (χ2n) is 4.72. The first-order chi connectivity index (χ1) is 9.75. The Morgan fingerprint density at radius 2 is 1.81 bits per heavy atom. The summed E-state index contributed by atoms with van der Waals surface area (Å²) in [5.74, 6) is -0.216. The van der Waals surface area contributed by atoms with Crippen molar-refractivity contribution in [2.75, 3.05) is 5.88 Å². The number of primary sulfonamides is 1. The molecule has 0 fully saturated rings. The molecule has 0 aliphatic carbocycles. The average Bonchev–Trinajstić information content (AvgIpc) is 2.72. The number of halogens is 1. The zero-order chi connectivity index (χ0) is 15.8. The first-order valence-corrected chi connectivity index (χ1v) is 8.25. The van der Waals surface area contributed by atoms with Gasteiger partial charge in [0.05, 0.1) is 10.8 Å². The summed E-state index contributed by atoms with van der Waals surface area (Å²) in [6, 6.07) is 7.94. The van der Waals surface area contributed by atoms with Crippen LogP contribution in [0.4, 0.5) is 0 Å². The minimum Gasteiger partial charge on any atom is -0.318 e. The summed E-state index contributed by atoms with van der Waals surface area (Å²) >= 11 is 5.60. The van der Waals surface area contributed by atoms with Crippen LogP contribution in [0.15, 0.2) is 35.2 Å². The highest BCUT2D eigenvalue weighted by atomic mass is 35.5. The lowest BCUT2D eigenvalue weighted by molar-refractivity contribution is 0.102. The van der Waals surface area contributed by atoms with Crippen LogP contribution in [0.3, 0.4) is 0 Å². The van der Waals surface area contributed by atoms with E-state index in [0.717, 1.165) is 17.1 Å². The van der Waals surface area contributed by atoms with Gasteiger partial charge in [0, 0.05) is 22.6 Å². The van der Waals surface area contributed by atoms with Crippen LogP contribution in [0.25, 0.3) is 5.69 Å². The van der Waals surface area contributed by atoms with Gasteiger partial charge >= 0.3 is 0 Å². The van der Waals surface area contributed by atoms with E-state index in [1.807, 2.05) is 18.4 Å². The first kappa shape index (κ1) is 15.8. The third-order valence-corrected chi connectivity index (χ3v) is 4.45. The molecule has 2 rings (SSSR count). The van der Waals surface area contributed by atoms with Crippen molar-refractivity contribution in [2.45, 2.75) is 18.7 Å². The molecule has 21 heavy (non-hydrogen) atoms. The number of nitrogens with two attached hydrogens (primary N) is 1. The number of nitrogens with zero attached hydrogens (tertiary/aromatic N) is 1. The highest BCUT2D eigenvalue weighted by Crippen LogP contribution is 2.22. The number of hydrogen-bond donors (Lipinski definition) is 1. The number of Topliss-reactive ketones (excluding diaryl/α,β-unsaturated/α-hetero) is 1. The third kappa shape index (κ3) is 3.02. The van der Waals surface area contributed by atoms with E-state index < -0.39 is 10.0 Å². The number of alkyl halides is 1. The molecule has 0 unspecified atom stereocenters. The number of hydrogen-bond acceptors (Lipinski definition) is 3. The lowest BCUT2D eigenvalue weighted by Crippen LogP contribution is -2.12. The summed E-state index contributed by atoms with van der Waals surface area (Å²) in [6.45, 7) is 3.69. The van der Waals surface area contributed by atoms with E-state index in [0.29, 0.717) is 5.56 Å². The molecule has 0 aliphatic rings. The topological polar surface area (TPSA) is 82.2 Å². The second-order valence-corrected chi connectivity index (χ2v) is 6.54. The summed E-state index contributed by atoms with van der Waals surface area (Å²) < 4.78 is 24.4. The maximum Gasteiger partial charge on any atom is 0.238 e. The lowest BCUT2D eigenvalue weighted by Gasteiger charge is -2.10. The first-order valence-electron chi connectivity index (χ1n) is 6.17. The largest absolute Gasteiger partial charge is 0.318 e. The molecule has 5 nitrogen and oxygen atoms in total. The fourth-order valence-corrected chi connectivity index (χ4v) is 2.96. The molecule has 2 N–H and O–H groups in total. The lowest BCUT2D eigenvalue weighted by atomic mass is 10.2. The molecule has 7 heteroatoms. The van der Waals surface area contributed by atoms with Gasteiger partial charge in [0.15, 0.2) is 5.78 Å². The Balaban J connectivity index is 2.53. The molecule has 112 valence electrons. The molecule has 1 aromatic heterocycles. The maximum atomic E-state index is 11.8. The number of aromatic nitrogens is 1. The van der Waals surface area contributed by atoms with Crippen LogP contribution in [0, 0.1) is 13.8 Å². The second kappa shape index (κ2) is 5.63. The highest BCUT2D eigenvalue weighted by molar-refractivity contribution is 7.89. The molecule has 1 heterocycles. The number of rotatable bonds is 4. The quantitative estimate of drug-likeness (QED) is 0.690. The van der Waals surface area contributed by atoms with Crippen LogP contribution in [-0.4, -0.2) is 24.6 Å². The molecule has 2 aromatic rings. The summed E-state index contributed by atoms with van der Waals surface area (Å²) in [4.78, 5) is 11.8. The molecule has 0 spiro atoms. The fraction of sp³-hybridized carbons (Fsp3) is 0.214. The van der Waals surface area contributed by atoms with Gasteiger partial charge in [-0.05, 0) is 44.2 Å². The minimum atomic E-state index is -3.72. The van der Waals surface area contributed by atoms with Crippen LogP contribution < -0.4 is 5.14 Å². The van der Waals surface area contributed by atoms with Crippen molar-refractivity contribution in [3.63, 3.8) is 0 Å². The van der Waals surface area contributed by atoms with E-state index >= 15 is 0 Å². The Labute approximate surface area is 128 Å². The standard InChI is InChI=1S/C14H15ClN2O3S/c1-9-7-13(14(18)8-15)10(2)17(9)11-3-5-12(6-4-11)21(16,19)20/h3-7H,8H2,1-2H3,(H2,16,19,20). The third-order valence-electron chi connectivity index (χ3n) is 3.28. The molecule has 0 atom stereocenters. The zero-order valence-electron chi connectivity index (χ0n) is 11.6. The van der Waals surface area contributed by atoms with Crippen LogP contribution in [0.1, 0.15) is 21.7 Å². The predicted octanol–water partition coefficient (Wildman–Crippen LogP) is 2.16. The van der Waals surface area contributed by atoms with Gasteiger partial charge < -0.3 is 4.57 Å². The van der Waals surface area contributed by atoms with E-state index in [1.165, 1.54) is 12.1 Å². The minimum absolute atomic E-state index is 0.0470. The zero-order valence-corrected chi connectivity index (χ0v) is 13.2. The number of benzene rings is 1. The van der Waals surface area contributed by atoms with E-state index in [1.54, 1.807) is 18.2 Å². The van der Waals surface area contributed by atoms with Crippen molar-refractivity contribution in [1.82, 2.24) is 4.57 Å². The maximum absolute atomic E-state index is 11.8. The van der Waals surface area contributed by atoms with Crippen molar-refractivity contribution in [3.8, 4) is 5.69 Å². The Morgan fingerprint density at radius 3 is 2.29 bits per heavy atom. The van der Waals surface area contributed by atoms with Crippen molar-refractivity contribution >= 4 is 27.4 Å². The normalized spacial score (nSPS) is 11.6. The predicted molar refractivity (Wildman–Crippen MR) is 81.7 cm³/mol. The van der Waals surface area contributed by atoms with Gasteiger partial charge in [-0.15, -0.1) is 11.6 Å². The van der Waals surface area contributed by atoms with Crippen molar-refractivity contribution in [2.24, 2.45) is 5.14 Å². The van der Waals surface area contributed by atoms with E-state index in [9.17, 15) is 13.2 Å². The Bertz CT molecular complexity index is 792. The molecule has 0 aliphatic heterocycles. The number of ketones is 1. The Kier molecular flexibility index (Phi) is 4.22. The molecule has 0 amide bonds. The number of sulfonamides is 1. The SMILES string of the molecule is Cc1cc(C(=O)CCl)c(C)n1-c1ccc(S(N)(=O)=O)cc1. The van der Waals surface area contributed by atoms with E-state index in [4.69, 9.17) is 16.7 Å². The highest BCUT2D eigenvalue weighted by Gasteiger charge is 2.16. The van der Waals surface area contributed by atoms with Crippen LogP contribution in [0.5, 0.6) is 0 Å². The molecule has 0 bridgehead atoms.